The third-order valence-corrected chi connectivity index (χ3v) is 6.06. The molecule has 0 bridgehead atoms. The summed E-state index contributed by atoms with van der Waals surface area (Å²) in [6, 6.07) is 16.0. The molecule has 0 aliphatic carbocycles. The molecule has 1 atom stereocenters. The summed E-state index contributed by atoms with van der Waals surface area (Å²) >= 11 is 6.35. The monoisotopic (exact) mass is 467 g/mol. The predicted octanol–water partition coefficient (Wildman–Crippen LogP) is 5.94. The molecule has 0 aliphatic heterocycles. The summed E-state index contributed by atoms with van der Waals surface area (Å²) in [5.41, 5.74) is 2.96. The van der Waals surface area contributed by atoms with E-state index in [-0.39, 0.29) is 29.5 Å². The van der Waals surface area contributed by atoms with Gasteiger partial charge in [0.25, 0.3) is 11.8 Å². The van der Waals surface area contributed by atoms with Gasteiger partial charge in [-0.25, -0.2) is 0 Å². The average molecular weight is 468 g/mol. The van der Waals surface area contributed by atoms with Crippen LogP contribution in [0.2, 0.25) is 5.02 Å². The van der Waals surface area contributed by atoms with Crippen molar-refractivity contribution < 1.29 is 14.0 Å². The molecule has 0 radical (unpaired) electrons. The lowest BCUT2D eigenvalue weighted by molar-refractivity contribution is 0.0628. The van der Waals surface area contributed by atoms with E-state index in [0.717, 1.165) is 11.3 Å². The number of carbonyl (C=O) groups is 2. The maximum atomic E-state index is 13.6. The van der Waals surface area contributed by atoms with E-state index in [1.54, 1.807) is 24.3 Å². The second-order valence-corrected chi connectivity index (χ2v) is 8.97. The zero-order valence-electron chi connectivity index (χ0n) is 19.6. The van der Waals surface area contributed by atoms with Gasteiger partial charge in [0, 0.05) is 38.1 Å². The van der Waals surface area contributed by atoms with Crippen molar-refractivity contribution in [3.05, 3.63) is 82.8 Å². The number of nitrogens with one attached hydrogen (secondary N) is 1. The van der Waals surface area contributed by atoms with Crippen LogP contribution >= 0.6 is 11.6 Å². The van der Waals surface area contributed by atoms with Gasteiger partial charge in [0.05, 0.1) is 16.8 Å². The second kappa shape index (κ2) is 10.6. The Morgan fingerprint density at radius 2 is 1.76 bits per heavy atom. The van der Waals surface area contributed by atoms with E-state index in [1.165, 1.54) is 6.26 Å². The van der Waals surface area contributed by atoms with Crippen LogP contribution in [0, 0.1) is 5.92 Å². The predicted molar refractivity (Wildman–Crippen MR) is 133 cm³/mol. The molecule has 0 saturated heterocycles. The zero-order chi connectivity index (χ0) is 24.1. The van der Waals surface area contributed by atoms with E-state index in [4.69, 9.17) is 16.0 Å². The molecule has 1 heterocycles. The largest absolute Gasteiger partial charge is 0.459 e. The van der Waals surface area contributed by atoms with Crippen LogP contribution in [-0.4, -0.2) is 36.9 Å². The van der Waals surface area contributed by atoms with Crippen molar-refractivity contribution in [1.29, 1.82) is 0 Å². The number of halogens is 1. The summed E-state index contributed by atoms with van der Waals surface area (Å²) in [6.07, 6.45) is 1.46. The first kappa shape index (κ1) is 24.4. The van der Waals surface area contributed by atoms with Gasteiger partial charge in [-0.2, -0.15) is 0 Å². The lowest BCUT2D eigenvalue weighted by atomic mass is 10.0. The molecule has 2 aromatic carbocycles. The van der Waals surface area contributed by atoms with Crippen molar-refractivity contribution in [3.8, 4) is 0 Å². The maximum Gasteiger partial charge on any atom is 0.291 e. The summed E-state index contributed by atoms with van der Waals surface area (Å²) < 4.78 is 5.19. The molecule has 7 heteroatoms. The Bertz CT molecular complexity index is 1110. The van der Waals surface area contributed by atoms with Crippen LogP contribution in [0.25, 0.3) is 0 Å². The Morgan fingerprint density at radius 1 is 1.03 bits per heavy atom. The Kier molecular flexibility index (Phi) is 7.82. The lowest BCUT2D eigenvalue weighted by Crippen LogP contribution is -2.41. The summed E-state index contributed by atoms with van der Waals surface area (Å²) in [6.45, 7) is 6.58. The molecule has 1 N–H and O–H groups in total. The van der Waals surface area contributed by atoms with Gasteiger partial charge in [-0.3, -0.25) is 9.59 Å². The first-order chi connectivity index (χ1) is 15.7. The fourth-order valence-electron chi connectivity index (χ4n) is 3.56. The van der Waals surface area contributed by atoms with Gasteiger partial charge < -0.3 is 19.5 Å². The minimum atomic E-state index is -0.330. The standard InChI is InChI=1S/C26H30ClN3O3/c1-17(2)18(3)30(26(32)21-9-6-7-10-22(21)27)16-19-15-20(12-13-23(19)29(4)5)28-25(31)24-11-8-14-33-24/h6-15,17-18H,16H2,1-5H3,(H,28,31)/t18-/m0/s1. The second-order valence-electron chi connectivity index (χ2n) is 8.57. The number of rotatable bonds is 8. The molecule has 2 amide bonds. The molecule has 0 aliphatic rings. The number of furan rings is 1. The molecule has 0 saturated carbocycles. The van der Waals surface area contributed by atoms with Gasteiger partial charge in [-0.1, -0.05) is 37.6 Å². The van der Waals surface area contributed by atoms with E-state index in [2.05, 4.69) is 19.2 Å². The zero-order valence-corrected chi connectivity index (χ0v) is 20.4. The Labute approximate surface area is 200 Å². The molecular formula is C26H30ClN3O3. The van der Waals surface area contributed by atoms with Gasteiger partial charge in [-0.15, -0.1) is 0 Å². The summed E-state index contributed by atoms with van der Waals surface area (Å²) in [7, 11) is 3.90. The summed E-state index contributed by atoms with van der Waals surface area (Å²) in [5, 5.41) is 3.30. The van der Waals surface area contributed by atoms with E-state index in [1.807, 2.05) is 61.2 Å². The highest BCUT2D eigenvalue weighted by molar-refractivity contribution is 6.33. The molecule has 1 aromatic heterocycles. The SMILES string of the molecule is CC(C)[C@H](C)N(Cc1cc(NC(=O)c2ccco2)ccc1N(C)C)C(=O)c1ccccc1Cl. The Hall–Kier alpha value is -3.25. The number of hydrogen-bond donors (Lipinski definition) is 1. The van der Waals surface area contributed by atoms with Gasteiger partial charge >= 0.3 is 0 Å². The highest BCUT2D eigenvalue weighted by Crippen LogP contribution is 2.28. The summed E-state index contributed by atoms with van der Waals surface area (Å²) in [5.74, 6) is 0.0119. The van der Waals surface area contributed by atoms with Crippen LogP contribution in [0.4, 0.5) is 11.4 Å². The van der Waals surface area contributed by atoms with E-state index >= 15 is 0 Å². The van der Waals surface area contributed by atoms with E-state index < -0.39 is 0 Å². The first-order valence-corrected chi connectivity index (χ1v) is 11.3. The quantitative estimate of drug-likeness (QED) is 0.445. The highest BCUT2D eigenvalue weighted by Gasteiger charge is 2.26. The fourth-order valence-corrected chi connectivity index (χ4v) is 3.78. The van der Waals surface area contributed by atoms with Gasteiger partial charge in [0.1, 0.15) is 0 Å². The molecule has 3 rings (SSSR count). The Balaban J connectivity index is 1.97. The van der Waals surface area contributed by atoms with Crippen LogP contribution in [0.5, 0.6) is 0 Å². The van der Waals surface area contributed by atoms with Gasteiger partial charge in [0.15, 0.2) is 5.76 Å². The van der Waals surface area contributed by atoms with E-state index in [9.17, 15) is 9.59 Å². The average Bonchev–Trinajstić information content (AvgIpc) is 3.32. The lowest BCUT2D eigenvalue weighted by Gasteiger charge is -2.33. The van der Waals surface area contributed by atoms with Crippen molar-refractivity contribution in [2.75, 3.05) is 24.3 Å². The highest BCUT2D eigenvalue weighted by atomic mass is 35.5. The molecule has 0 fully saturated rings. The van der Waals surface area contributed by atoms with Crippen LogP contribution in [-0.2, 0) is 6.54 Å². The first-order valence-electron chi connectivity index (χ1n) is 10.9. The molecule has 3 aromatic rings. The smallest absolute Gasteiger partial charge is 0.291 e. The number of nitrogens with zero attached hydrogens (tertiary/aromatic N) is 2. The molecule has 0 spiro atoms. The molecule has 33 heavy (non-hydrogen) atoms. The fraction of sp³-hybridized carbons (Fsp3) is 0.308. The minimum Gasteiger partial charge on any atom is -0.459 e. The Morgan fingerprint density at radius 3 is 2.36 bits per heavy atom. The third kappa shape index (κ3) is 5.76. The third-order valence-electron chi connectivity index (χ3n) is 5.73. The van der Waals surface area contributed by atoms with Crippen LogP contribution in [0.1, 0.15) is 47.2 Å². The number of amides is 2. The summed E-state index contributed by atoms with van der Waals surface area (Å²) in [4.78, 5) is 29.9. The number of hydrogen-bond acceptors (Lipinski definition) is 4. The molecule has 174 valence electrons. The topological polar surface area (TPSA) is 65.8 Å². The van der Waals surface area contributed by atoms with Gasteiger partial charge in [0.2, 0.25) is 0 Å². The van der Waals surface area contributed by atoms with Crippen LogP contribution in [0.15, 0.2) is 65.3 Å². The van der Waals surface area contributed by atoms with E-state index in [0.29, 0.717) is 22.8 Å². The molecule has 0 unspecified atom stereocenters. The maximum absolute atomic E-state index is 13.6. The minimum absolute atomic E-state index is 0.0369. The molecule has 6 nitrogen and oxygen atoms in total. The van der Waals surface area contributed by atoms with Crippen molar-refractivity contribution >= 4 is 34.8 Å². The van der Waals surface area contributed by atoms with Crippen molar-refractivity contribution in [2.24, 2.45) is 5.92 Å². The van der Waals surface area contributed by atoms with Gasteiger partial charge in [-0.05, 0) is 60.9 Å². The number of carbonyl (C=O) groups excluding carboxylic acids is 2. The normalized spacial score (nSPS) is 11.8. The van der Waals surface area contributed by atoms with Crippen LogP contribution in [0.3, 0.4) is 0 Å². The molecular weight excluding hydrogens is 438 g/mol. The number of benzene rings is 2. The van der Waals surface area contributed by atoms with Crippen molar-refractivity contribution in [3.63, 3.8) is 0 Å². The van der Waals surface area contributed by atoms with Crippen molar-refractivity contribution in [1.82, 2.24) is 4.90 Å². The van der Waals surface area contributed by atoms with Crippen LogP contribution < -0.4 is 10.2 Å². The van der Waals surface area contributed by atoms with Crippen molar-refractivity contribution in [2.45, 2.75) is 33.4 Å². The number of anilines is 2.